The number of hydrogen-bond donors (Lipinski definition) is 2. The number of aromatic amines is 1. The quantitative estimate of drug-likeness (QED) is 0.699. The number of H-pyrrole nitrogens is 1. The summed E-state index contributed by atoms with van der Waals surface area (Å²) >= 11 is 0. The Morgan fingerprint density at radius 1 is 1.35 bits per heavy atom. The van der Waals surface area contributed by atoms with Crippen molar-refractivity contribution < 1.29 is 14.6 Å². The third kappa shape index (κ3) is 2.41. The highest BCUT2D eigenvalue weighted by Crippen LogP contribution is 2.31. The highest BCUT2D eigenvalue weighted by atomic mass is 16.7. The highest BCUT2D eigenvalue weighted by molar-refractivity contribution is 6.09. The van der Waals surface area contributed by atoms with Gasteiger partial charge in [-0.25, -0.2) is 9.78 Å². The first kappa shape index (κ1) is 13.7. The molecule has 4 rings (SSSR count). The van der Waals surface area contributed by atoms with Gasteiger partial charge in [0.1, 0.15) is 11.8 Å². The maximum Gasteiger partial charge on any atom is 0.506 e. The van der Waals surface area contributed by atoms with Gasteiger partial charge in [-0.15, -0.1) is 5.10 Å². The monoisotopic (exact) mass is 313 g/mol. The summed E-state index contributed by atoms with van der Waals surface area (Å²) in [5, 5.41) is 20.1. The summed E-state index contributed by atoms with van der Waals surface area (Å²) in [6.07, 6.45) is 5.17. The molecular formula is C15H15N5O3. The number of rotatable bonds is 2. The lowest BCUT2D eigenvalue weighted by Crippen LogP contribution is -2.38. The number of fused-ring (bicyclic) bond motifs is 3. The molecule has 0 spiro atoms. The molecule has 0 unspecified atom stereocenters. The summed E-state index contributed by atoms with van der Waals surface area (Å²) < 4.78 is 4.86. The number of nitrogens with zero attached hydrogens (tertiary/aromatic N) is 4. The molecule has 0 saturated carbocycles. The van der Waals surface area contributed by atoms with Crippen LogP contribution in [-0.4, -0.2) is 50.6 Å². The van der Waals surface area contributed by atoms with E-state index in [0.717, 1.165) is 27.6 Å². The minimum atomic E-state index is -1.21. The second kappa shape index (κ2) is 5.38. The van der Waals surface area contributed by atoms with Crippen molar-refractivity contribution in [1.82, 2.24) is 20.2 Å². The summed E-state index contributed by atoms with van der Waals surface area (Å²) in [5.74, 6) is 0.809. The van der Waals surface area contributed by atoms with Crippen molar-refractivity contribution >= 4 is 33.8 Å². The zero-order valence-corrected chi connectivity index (χ0v) is 12.3. The van der Waals surface area contributed by atoms with Gasteiger partial charge in [0, 0.05) is 54.5 Å². The fraction of sp³-hybridized carbons (Fsp3) is 0.333. The van der Waals surface area contributed by atoms with Crippen molar-refractivity contribution in [1.29, 1.82) is 0 Å². The van der Waals surface area contributed by atoms with Crippen LogP contribution in [0.5, 0.6) is 0 Å². The van der Waals surface area contributed by atoms with Crippen molar-refractivity contribution in [3.8, 4) is 0 Å². The number of aromatic nitrogens is 4. The van der Waals surface area contributed by atoms with E-state index >= 15 is 0 Å². The SMILES string of the molecule is O=C(O)OC1CCN(c2nncc3cnc4[nH]ccc4c23)CC1. The molecule has 3 aromatic heterocycles. The van der Waals surface area contributed by atoms with Crippen LogP contribution in [0.4, 0.5) is 10.6 Å². The van der Waals surface area contributed by atoms with E-state index in [0.29, 0.717) is 25.9 Å². The molecule has 1 saturated heterocycles. The van der Waals surface area contributed by atoms with Gasteiger partial charge in [-0.3, -0.25) is 0 Å². The molecule has 1 fully saturated rings. The fourth-order valence-electron chi connectivity index (χ4n) is 3.12. The van der Waals surface area contributed by atoms with E-state index in [-0.39, 0.29) is 6.10 Å². The molecule has 2 N–H and O–H groups in total. The van der Waals surface area contributed by atoms with E-state index in [2.05, 4.69) is 25.1 Å². The van der Waals surface area contributed by atoms with E-state index in [1.54, 1.807) is 12.4 Å². The smallest absolute Gasteiger partial charge is 0.450 e. The minimum Gasteiger partial charge on any atom is -0.450 e. The largest absolute Gasteiger partial charge is 0.506 e. The van der Waals surface area contributed by atoms with Crippen molar-refractivity contribution in [2.24, 2.45) is 0 Å². The molecule has 23 heavy (non-hydrogen) atoms. The predicted octanol–water partition coefficient (Wildman–Crippen LogP) is 2.17. The Bertz CT molecular complexity index is 870. The molecule has 0 aliphatic carbocycles. The lowest BCUT2D eigenvalue weighted by atomic mass is 10.1. The Labute approximate surface area is 131 Å². The molecule has 3 aromatic rings. The maximum absolute atomic E-state index is 10.6. The van der Waals surface area contributed by atoms with Crippen molar-refractivity contribution in [2.45, 2.75) is 18.9 Å². The molecule has 0 bridgehead atoms. The number of anilines is 1. The molecule has 0 amide bonds. The number of hydrogen-bond acceptors (Lipinski definition) is 6. The minimum absolute atomic E-state index is 0.249. The van der Waals surface area contributed by atoms with Crippen LogP contribution < -0.4 is 4.90 Å². The van der Waals surface area contributed by atoms with Gasteiger partial charge < -0.3 is 19.7 Å². The van der Waals surface area contributed by atoms with Crippen molar-refractivity contribution in [3.05, 3.63) is 24.7 Å². The molecule has 1 aliphatic rings. The van der Waals surface area contributed by atoms with Crippen molar-refractivity contribution in [3.63, 3.8) is 0 Å². The van der Waals surface area contributed by atoms with Gasteiger partial charge in [0.15, 0.2) is 5.82 Å². The summed E-state index contributed by atoms with van der Waals surface area (Å²) in [7, 11) is 0. The number of nitrogens with one attached hydrogen (secondary N) is 1. The summed E-state index contributed by atoms with van der Waals surface area (Å²) in [4.78, 5) is 20.3. The average molecular weight is 313 g/mol. The molecule has 0 aromatic carbocycles. The molecular weight excluding hydrogens is 298 g/mol. The lowest BCUT2D eigenvalue weighted by Gasteiger charge is -2.32. The lowest BCUT2D eigenvalue weighted by molar-refractivity contribution is 0.0415. The number of piperidine rings is 1. The Hall–Kier alpha value is -2.90. The third-order valence-corrected chi connectivity index (χ3v) is 4.20. The Morgan fingerprint density at radius 3 is 2.96 bits per heavy atom. The van der Waals surface area contributed by atoms with Gasteiger partial charge in [-0.05, 0) is 6.07 Å². The van der Waals surface area contributed by atoms with E-state index in [1.165, 1.54) is 0 Å². The zero-order chi connectivity index (χ0) is 15.8. The van der Waals surface area contributed by atoms with Gasteiger partial charge in [-0.2, -0.15) is 5.10 Å². The number of carbonyl (C=O) groups is 1. The third-order valence-electron chi connectivity index (χ3n) is 4.20. The van der Waals surface area contributed by atoms with Crippen LogP contribution in [0, 0.1) is 0 Å². The molecule has 0 radical (unpaired) electrons. The van der Waals surface area contributed by atoms with E-state index < -0.39 is 6.16 Å². The van der Waals surface area contributed by atoms with Crippen LogP contribution in [0.15, 0.2) is 24.7 Å². The van der Waals surface area contributed by atoms with Gasteiger partial charge in [0.25, 0.3) is 0 Å². The van der Waals surface area contributed by atoms with Crippen LogP contribution in [-0.2, 0) is 4.74 Å². The Morgan fingerprint density at radius 2 is 2.17 bits per heavy atom. The number of pyridine rings is 1. The van der Waals surface area contributed by atoms with Gasteiger partial charge in [0.05, 0.1) is 6.20 Å². The normalized spacial score (nSPS) is 16.1. The van der Waals surface area contributed by atoms with Crippen LogP contribution in [0.3, 0.4) is 0 Å². The Kier molecular flexibility index (Phi) is 3.22. The topological polar surface area (TPSA) is 104 Å². The van der Waals surface area contributed by atoms with Gasteiger partial charge in [0.2, 0.25) is 0 Å². The first-order valence-electron chi connectivity index (χ1n) is 7.44. The summed E-state index contributed by atoms with van der Waals surface area (Å²) in [5.41, 5.74) is 0.816. The molecule has 8 nitrogen and oxygen atoms in total. The van der Waals surface area contributed by atoms with Crippen LogP contribution in [0.25, 0.3) is 21.8 Å². The van der Waals surface area contributed by atoms with E-state index in [9.17, 15) is 4.79 Å². The van der Waals surface area contributed by atoms with Gasteiger partial charge in [-0.1, -0.05) is 0 Å². The zero-order valence-electron chi connectivity index (χ0n) is 12.3. The van der Waals surface area contributed by atoms with Crippen molar-refractivity contribution in [2.75, 3.05) is 18.0 Å². The molecule has 8 heteroatoms. The van der Waals surface area contributed by atoms with Gasteiger partial charge >= 0.3 is 6.16 Å². The first-order valence-corrected chi connectivity index (χ1v) is 7.44. The average Bonchev–Trinajstić information content (AvgIpc) is 3.03. The molecule has 0 atom stereocenters. The summed E-state index contributed by atoms with van der Waals surface area (Å²) in [6.45, 7) is 1.36. The van der Waals surface area contributed by atoms with E-state index in [4.69, 9.17) is 9.84 Å². The second-order valence-corrected chi connectivity index (χ2v) is 5.57. The summed E-state index contributed by atoms with van der Waals surface area (Å²) in [6, 6.07) is 1.98. The first-order chi connectivity index (χ1) is 11.2. The predicted molar refractivity (Wildman–Crippen MR) is 83.5 cm³/mol. The maximum atomic E-state index is 10.6. The fourth-order valence-corrected chi connectivity index (χ4v) is 3.12. The molecule has 4 heterocycles. The highest BCUT2D eigenvalue weighted by Gasteiger charge is 2.25. The Balaban J connectivity index is 1.69. The molecule has 118 valence electrons. The van der Waals surface area contributed by atoms with E-state index in [1.807, 2.05) is 12.3 Å². The van der Waals surface area contributed by atoms with Crippen LogP contribution >= 0.6 is 0 Å². The number of ether oxygens (including phenoxy) is 1. The number of carboxylic acid groups (broad SMARTS) is 1. The second-order valence-electron chi connectivity index (χ2n) is 5.57. The standard InChI is InChI=1S/C15H15N5O3/c21-15(22)23-10-2-5-20(6-3-10)14-12-9(8-18-19-14)7-17-13-11(12)1-4-16-13/h1,4,7-8,10H,2-3,5-6H2,(H,16,17)(H,21,22). The molecule has 1 aliphatic heterocycles. The van der Waals surface area contributed by atoms with Crippen LogP contribution in [0.2, 0.25) is 0 Å². The van der Waals surface area contributed by atoms with Crippen LogP contribution in [0.1, 0.15) is 12.8 Å².